The maximum absolute atomic E-state index is 10.8. The van der Waals surface area contributed by atoms with Crippen LogP contribution in [0, 0.1) is 0 Å². The summed E-state index contributed by atoms with van der Waals surface area (Å²) in [6.07, 6.45) is 1.19. The summed E-state index contributed by atoms with van der Waals surface area (Å²) in [5, 5.41) is -0.275. The van der Waals surface area contributed by atoms with Crippen molar-refractivity contribution in [1.29, 1.82) is 0 Å². The van der Waals surface area contributed by atoms with Crippen LogP contribution in [0.3, 0.4) is 0 Å². The largest absolute Gasteiger partial charge is 0.381 e. The Balaban J connectivity index is 2.47. The smallest absolute Gasteiger partial charge is 0.317 e. The zero-order chi connectivity index (χ0) is 7.61. The van der Waals surface area contributed by atoms with E-state index in [4.69, 9.17) is 20.0 Å². The van der Waals surface area contributed by atoms with Crippen molar-refractivity contribution in [1.82, 2.24) is 0 Å². The SMILES string of the molecule is O=[S+](O)(Cl)C1CCOCC1. The second kappa shape index (κ2) is 3.17. The monoisotopic (exact) mass is 185 g/mol. The van der Waals surface area contributed by atoms with Gasteiger partial charge in [-0.1, -0.05) is 0 Å². The third-order valence-corrected chi connectivity index (χ3v) is 3.63. The van der Waals surface area contributed by atoms with Gasteiger partial charge in [0.1, 0.15) is 0 Å². The Morgan fingerprint density at radius 2 is 2.00 bits per heavy atom. The molecule has 0 saturated carbocycles. The van der Waals surface area contributed by atoms with Crippen molar-refractivity contribution in [3.05, 3.63) is 0 Å². The molecule has 0 aromatic rings. The van der Waals surface area contributed by atoms with Crippen molar-refractivity contribution in [2.75, 3.05) is 13.2 Å². The van der Waals surface area contributed by atoms with Crippen LogP contribution in [0.2, 0.25) is 0 Å². The predicted octanol–water partition coefficient (Wildman–Crippen LogP) is 1.29. The van der Waals surface area contributed by atoms with Gasteiger partial charge >= 0.3 is 9.43 Å². The number of hydrogen-bond donors (Lipinski definition) is 1. The fraction of sp³-hybridized carbons (Fsp3) is 1.00. The molecule has 60 valence electrons. The van der Waals surface area contributed by atoms with E-state index in [1.54, 1.807) is 0 Å². The first-order chi connectivity index (χ1) is 4.61. The van der Waals surface area contributed by atoms with E-state index in [2.05, 4.69) is 0 Å². The molecule has 1 atom stereocenters. The van der Waals surface area contributed by atoms with Gasteiger partial charge in [0, 0.05) is 12.8 Å². The first kappa shape index (κ1) is 8.46. The summed E-state index contributed by atoms with van der Waals surface area (Å²) in [6.45, 7) is 1.10. The Bertz CT molecular complexity index is 149. The van der Waals surface area contributed by atoms with Crippen LogP contribution in [-0.4, -0.2) is 23.0 Å². The summed E-state index contributed by atoms with van der Waals surface area (Å²) in [5.74, 6) is 0. The Hall–Kier alpha value is 0.360. The summed E-state index contributed by atoms with van der Waals surface area (Å²) >= 11 is 0. The van der Waals surface area contributed by atoms with Crippen LogP contribution in [-0.2, 0) is 18.4 Å². The number of rotatable bonds is 1. The highest BCUT2D eigenvalue weighted by Gasteiger charge is 2.37. The van der Waals surface area contributed by atoms with Crippen molar-refractivity contribution in [3.63, 3.8) is 0 Å². The molecule has 1 fully saturated rings. The molecule has 1 unspecified atom stereocenters. The van der Waals surface area contributed by atoms with Gasteiger partial charge in [-0.15, -0.1) is 0 Å². The fourth-order valence-electron chi connectivity index (χ4n) is 0.967. The molecule has 5 heteroatoms. The lowest BCUT2D eigenvalue weighted by Crippen LogP contribution is -2.29. The normalized spacial score (nSPS) is 27.8. The zero-order valence-electron chi connectivity index (χ0n) is 5.46. The highest BCUT2D eigenvalue weighted by atomic mass is 35.7. The third kappa shape index (κ3) is 2.20. The van der Waals surface area contributed by atoms with Gasteiger partial charge in [0.05, 0.1) is 13.2 Å². The number of ether oxygens (including phenoxy) is 1. The summed E-state index contributed by atoms with van der Waals surface area (Å²) in [6, 6.07) is 0. The molecule has 3 nitrogen and oxygen atoms in total. The van der Waals surface area contributed by atoms with Crippen molar-refractivity contribution in [2.45, 2.75) is 18.1 Å². The molecule has 0 spiro atoms. The van der Waals surface area contributed by atoms with Gasteiger partial charge in [0.15, 0.2) is 5.25 Å². The van der Waals surface area contributed by atoms with Gasteiger partial charge in [0.25, 0.3) is 0 Å². The van der Waals surface area contributed by atoms with Crippen LogP contribution in [0.5, 0.6) is 0 Å². The molecule has 0 aromatic heterocycles. The van der Waals surface area contributed by atoms with E-state index >= 15 is 0 Å². The average Bonchev–Trinajstić information content (AvgIpc) is 1.88. The maximum Gasteiger partial charge on any atom is 0.317 e. The Morgan fingerprint density at radius 1 is 1.50 bits per heavy atom. The lowest BCUT2D eigenvalue weighted by atomic mass is 10.2. The van der Waals surface area contributed by atoms with E-state index in [0.717, 1.165) is 0 Å². The second-order valence-corrected chi connectivity index (χ2v) is 5.30. The van der Waals surface area contributed by atoms with Crippen LogP contribution in [0.15, 0.2) is 0 Å². The van der Waals surface area contributed by atoms with Crippen LogP contribution in [0.25, 0.3) is 0 Å². The average molecular weight is 186 g/mol. The lowest BCUT2D eigenvalue weighted by molar-refractivity contribution is 0.0977. The Labute approximate surface area is 65.5 Å². The molecule has 1 N–H and O–H groups in total. The first-order valence-electron chi connectivity index (χ1n) is 3.13. The van der Waals surface area contributed by atoms with E-state index in [1.807, 2.05) is 0 Å². The highest BCUT2D eigenvalue weighted by Crippen LogP contribution is 2.23. The van der Waals surface area contributed by atoms with E-state index in [1.165, 1.54) is 0 Å². The van der Waals surface area contributed by atoms with E-state index in [9.17, 15) is 4.21 Å². The van der Waals surface area contributed by atoms with Crippen molar-refractivity contribution in [2.24, 2.45) is 0 Å². The van der Waals surface area contributed by atoms with Crippen molar-refractivity contribution < 1.29 is 13.5 Å². The van der Waals surface area contributed by atoms with Crippen molar-refractivity contribution >= 4 is 20.1 Å². The van der Waals surface area contributed by atoms with Gasteiger partial charge in [0.2, 0.25) is 10.7 Å². The summed E-state index contributed by atoms with van der Waals surface area (Å²) in [4.78, 5) is 0. The standard InChI is InChI=1S/C5H9ClO3S/c6-10(7,8)5-1-3-9-4-2-5/h5H,1-4H2/p+1. The van der Waals surface area contributed by atoms with E-state index < -0.39 is 9.43 Å². The van der Waals surface area contributed by atoms with Crippen molar-refractivity contribution in [3.8, 4) is 0 Å². The molecule has 1 aliphatic heterocycles. The molecule has 0 radical (unpaired) electrons. The van der Waals surface area contributed by atoms with E-state index in [0.29, 0.717) is 26.1 Å². The molecule has 0 aromatic carbocycles. The van der Waals surface area contributed by atoms with Crippen LogP contribution in [0.1, 0.15) is 12.8 Å². The molecule has 1 heterocycles. The molecule has 0 amide bonds. The summed E-state index contributed by atoms with van der Waals surface area (Å²) in [7, 11) is 2.16. The quantitative estimate of drug-likeness (QED) is 0.495. The first-order valence-corrected chi connectivity index (χ1v) is 5.54. The van der Waals surface area contributed by atoms with Crippen LogP contribution in [0.4, 0.5) is 0 Å². The second-order valence-electron chi connectivity index (χ2n) is 2.31. The zero-order valence-corrected chi connectivity index (χ0v) is 7.03. The molecule has 0 aliphatic carbocycles. The molecule has 0 bridgehead atoms. The number of halogens is 1. The molecular weight excluding hydrogens is 176 g/mol. The molecule has 1 rings (SSSR count). The predicted molar refractivity (Wildman–Crippen MR) is 40.4 cm³/mol. The number of hydrogen-bond acceptors (Lipinski definition) is 2. The molecular formula is C5H10ClO3S+. The summed E-state index contributed by atoms with van der Waals surface area (Å²) < 4.78 is 24.7. The third-order valence-electron chi connectivity index (χ3n) is 1.58. The molecule has 10 heavy (non-hydrogen) atoms. The van der Waals surface area contributed by atoms with E-state index in [-0.39, 0.29) is 5.25 Å². The van der Waals surface area contributed by atoms with Crippen LogP contribution >= 0.6 is 10.7 Å². The highest BCUT2D eigenvalue weighted by molar-refractivity contribution is 8.19. The van der Waals surface area contributed by atoms with Gasteiger partial charge < -0.3 is 4.74 Å². The Kier molecular flexibility index (Phi) is 2.68. The van der Waals surface area contributed by atoms with Gasteiger partial charge in [-0.25, -0.2) is 0 Å². The minimum Gasteiger partial charge on any atom is -0.381 e. The van der Waals surface area contributed by atoms with Gasteiger partial charge in [-0.3, -0.25) is 0 Å². The molecule has 1 saturated heterocycles. The minimum absolute atomic E-state index is 0.275. The Morgan fingerprint density at radius 3 is 2.30 bits per heavy atom. The van der Waals surface area contributed by atoms with Crippen LogP contribution < -0.4 is 0 Å². The van der Waals surface area contributed by atoms with Gasteiger partial charge in [-0.05, 0) is 4.21 Å². The minimum atomic E-state index is -3.08. The molecule has 1 aliphatic rings. The van der Waals surface area contributed by atoms with Gasteiger partial charge in [-0.2, -0.15) is 4.55 Å². The summed E-state index contributed by atoms with van der Waals surface area (Å²) in [5.41, 5.74) is 0. The topological polar surface area (TPSA) is 46.5 Å². The lowest BCUT2D eigenvalue weighted by Gasteiger charge is -2.16. The fourth-order valence-corrected chi connectivity index (χ4v) is 2.28. The maximum atomic E-state index is 10.8.